The predicted molar refractivity (Wildman–Crippen MR) is 34.1 cm³/mol. The summed E-state index contributed by atoms with van der Waals surface area (Å²) in [6.07, 6.45) is 0. The molecule has 0 aromatic rings. The van der Waals surface area contributed by atoms with Gasteiger partial charge in [0, 0.05) is 0 Å². The number of hydrogen-bond acceptors (Lipinski definition) is 8. The summed E-state index contributed by atoms with van der Waals surface area (Å²) in [5.41, 5.74) is 10.9. The highest BCUT2D eigenvalue weighted by Crippen LogP contribution is 2.08. The maximum absolute atomic E-state index is 5.44. The van der Waals surface area contributed by atoms with E-state index in [0.717, 1.165) is 15.5 Å². The van der Waals surface area contributed by atoms with Gasteiger partial charge in [-0.05, 0) is 0 Å². The van der Waals surface area contributed by atoms with E-state index in [1.807, 2.05) is 0 Å². The summed E-state index contributed by atoms with van der Waals surface area (Å²) >= 11 is 0. The molecule has 1 saturated heterocycles. The molecule has 8 heteroatoms. The lowest BCUT2D eigenvalue weighted by Gasteiger charge is -2.27. The normalized spacial score (nSPS) is 29.7. The van der Waals surface area contributed by atoms with Gasteiger partial charge in [-0.15, -0.1) is 10.2 Å². The van der Waals surface area contributed by atoms with Crippen molar-refractivity contribution >= 4 is 0 Å². The van der Waals surface area contributed by atoms with Gasteiger partial charge in [-0.25, -0.2) is 11.7 Å². The largest absolute Gasteiger partial charge is 0.298 e. The standard InChI is InChI=1S/C2H12N8/c3-2(4)1-8(5)10(7)9(2)6/h1,3-7H2. The second-order valence-electron chi connectivity index (χ2n) is 2.25. The minimum Gasteiger partial charge on any atom is -0.298 e. The first kappa shape index (κ1) is 7.78. The highest BCUT2D eigenvalue weighted by molar-refractivity contribution is 4.78. The minimum absolute atomic E-state index is 0.181. The van der Waals surface area contributed by atoms with Gasteiger partial charge in [-0.1, -0.05) is 5.23 Å². The average molecular weight is 148 g/mol. The van der Waals surface area contributed by atoms with E-state index in [1.54, 1.807) is 0 Å². The first-order valence-corrected chi connectivity index (χ1v) is 2.65. The number of rotatable bonds is 0. The van der Waals surface area contributed by atoms with E-state index in [4.69, 9.17) is 29.0 Å². The van der Waals surface area contributed by atoms with E-state index < -0.39 is 5.79 Å². The molecule has 0 spiro atoms. The molecule has 1 aliphatic rings. The quantitative estimate of drug-likeness (QED) is 0.172. The smallest absolute Gasteiger partial charge is 0.166 e. The number of hydrogen-bond donors (Lipinski definition) is 5. The Bertz CT molecular complexity index is 131. The van der Waals surface area contributed by atoms with Crippen molar-refractivity contribution in [3.05, 3.63) is 0 Å². The molecule has 8 nitrogen and oxygen atoms in total. The zero-order chi connectivity index (χ0) is 7.94. The Labute approximate surface area is 57.9 Å². The van der Waals surface area contributed by atoms with Crippen LogP contribution in [0.5, 0.6) is 0 Å². The Morgan fingerprint density at radius 3 is 1.70 bits per heavy atom. The first-order valence-electron chi connectivity index (χ1n) is 2.65. The lowest BCUT2D eigenvalue weighted by molar-refractivity contribution is -0.150. The Morgan fingerprint density at radius 2 is 1.60 bits per heavy atom. The van der Waals surface area contributed by atoms with E-state index in [9.17, 15) is 0 Å². The topological polar surface area (TPSA) is 140 Å². The molecule has 1 aliphatic heterocycles. The number of nitrogens with two attached hydrogens (primary N) is 5. The van der Waals surface area contributed by atoms with Crippen molar-refractivity contribution in [2.45, 2.75) is 5.79 Å². The van der Waals surface area contributed by atoms with Crippen LogP contribution >= 0.6 is 0 Å². The molecule has 10 heavy (non-hydrogen) atoms. The van der Waals surface area contributed by atoms with Crippen molar-refractivity contribution < 1.29 is 0 Å². The van der Waals surface area contributed by atoms with Crippen LogP contribution in [0.4, 0.5) is 0 Å². The summed E-state index contributed by atoms with van der Waals surface area (Å²) in [7, 11) is 0. The molecule has 10 N–H and O–H groups in total. The van der Waals surface area contributed by atoms with Crippen molar-refractivity contribution in [2.24, 2.45) is 29.0 Å². The summed E-state index contributed by atoms with van der Waals surface area (Å²) in [4.78, 5) is 0. The van der Waals surface area contributed by atoms with E-state index in [2.05, 4.69) is 0 Å². The third-order valence-electron chi connectivity index (χ3n) is 1.33. The van der Waals surface area contributed by atoms with E-state index >= 15 is 0 Å². The molecule has 0 amide bonds. The van der Waals surface area contributed by atoms with Gasteiger partial charge in [0.25, 0.3) is 0 Å². The summed E-state index contributed by atoms with van der Waals surface area (Å²) in [5.74, 6) is 14.7. The van der Waals surface area contributed by atoms with Crippen LogP contribution < -0.4 is 29.0 Å². The minimum atomic E-state index is -1.19. The second-order valence-corrected chi connectivity index (χ2v) is 2.25. The molecule has 0 unspecified atom stereocenters. The molecule has 0 aliphatic carbocycles. The monoisotopic (exact) mass is 148 g/mol. The Kier molecular flexibility index (Phi) is 1.62. The molecule has 0 saturated carbocycles. The van der Waals surface area contributed by atoms with Crippen LogP contribution in [0, 0.1) is 0 Å². The second kappa shape index (κ2) is 2.08. The molecule has 0 aromatic heterocycles. The Hall–Kier alpha value is -0.320. The van der Waals surface area contributed by atoms with Crippen molar-refractivity contribution in [2.75, 3.05) is 6.54 Å². The van der Waals surface area contributed by atoms with Gasteiger partial charge in [0.05, 0.1) is 6.54 Å². The van der Waals surface area contributed by atoms with Crippen LogP contribution in [-0.4, -0.2) is 27.8 Å². The molecule has 1 heterocycles. The van der Waals surface area contributed by atoms with Crippen LogP contribution in [0.15, 0.2) is 0 Å². The molecule has 0 atom stereocenters. The third kappa shape index (κ3) is 0.982. The van der Waals surface area contributed by atoms with Gasteiger partial charge in [0.15, 0.2) is 5.79 Å². The summed E-state index contributed by atoms with van der Waals surface area (Å²) in [6.45, 7) is 0.181. The fourth-order valence-electron chi connectivity index (χ4n) is 0.719. The van der Waals surface area contributed by atoms with Gasteiger partial charge in [0.1, 0.15) is 0 Å². The fourth-order valence-corrected chi connectivity index (χ4v) is 0.719. The van der Waals surface area contributed by atoms with Crippen molar-refractivity contribution in [3.8, 4) is 0 Å². The summed E-state index contributed by atoms with van der Waals surface area (Å²) in [5, 5.41) is 3.01. The van der Waals surface area contributed by atoms with Crippen molar-refractivity contribution in [1.29, 1.82) is 0 Å². The SMILES string of the molecule is NN1CC(N)(N)N(N)N1N. The number of hydrazine groups is 5. The van der Waals surface area contributed by atoms with Crippen molar-refractivity contribution in [1.82, 2.24) is 15.5 Å². The van der Waals surface area contributed by atoms with Crippen LogP contribution in [0.1, 0.15) is 0 Å². The molecule has 1 fully saturated rings. The molecule has 0 radical (unpaired) electrons. The van der Waals surface area contributed by atoms with Gasteiger partial charge in [-0.3, -0.25) is 17.3 Å². The molecule has 60 valence electrons. The third-order valence-corrected chi connectivity index (χ3v) is 1.33. The van der Waals surface area contributed by atoms with Crippen LogP contribution in [0.3, 0.4) is 0 Å². The highest BCUT2D eigenvalue weighted by atomic mass is 16.1. The van der Waals surface area contributed by atoms with E-state index in [0.29, 0.717) is 0 Å². The van der Waals surface area contributed by atoms with E-state index in [1.165, 1.54) is 0 Å². The fraction of sp³-hybridized carbons (Fsp3) is 1.00. The molecular formula is C2H12N8. The van der Waals surface area contributed by atoms with Gasteiger partial charge < -0.3 is 0 Å². The lowest BCUT2D eigenvalue weighted by Crippen LogP contribution is -2.67. The van der Waals surface area contributed by atoms with Crippen LogP contribution in [0.2, 0.25) is 0 Å². The summed E-state index contributed by atoms with van der Waals surface area (Å²) in [6, 6.07) is 0. The van der Waals surface area contributed by atoms with Crippen LogP contribution in [0.25, 0.3) is 0 Å². The average Bonchev–Trinajstić information content (AvgIpc) is 1.95. The zero-order valence-electron chi connectivity index (χ0n) is 5.44. The Morgan fingerprint density at radius 1 is 1.10 bits per heavy atom. The maximum atomic E-state index is 5.44. The van der Waals surface area contributed by atoms with Gasteiger partial charge >= 0.3 is 0 Å². The predicted octanol–water partition coefficient (Wildman–Crippen LogP) is -4.07. The van der Waals surface area contributed by atoms with Gasteiger partial charge in [-0.2, -0.15) is 0 Å². The highest BCUT2D eigenvalue weighted by Gasteiger charge is 2.40. The summed E-state index contributed by atoms with van der Waals surface area (Å²) < 4.78 is 0. The lowest BCUT2D eigenvalue weighted by atomic mass is 10.4. The van der Waals surface area contributed by atoms with E-state index in [-0.39, 0.29) is 6.54 Å². The van der Waals surface area contributed by atoms with Crippen LogP contribution in [-0.2, 0) is 0 Å². The zero-order valence-corrected chi connectivity index (χ0v) is 5.44. The van der Waals surface area contributed by atoms with Gasteiger partial charge in [0.2, 0.25) is 0 Å². The number of nitrogens with zero attached hydrogens (tertiary/aromatic N) is 3. The molecule has 1 rings (SSSR count). The molecule has 0 aromatic carbocycles. The van der Waals surface area contributed by atoms with Crippen molar-refractivity contribution in [3.63, 3.8) is 0 Å². The molecule has 0 bridgehead atoms. The molecular weight excluding hydrogens is 136 g/mol. The maximum Gasteiger partial charge on any atom is 0.166 e. The Balaban J connectivity index is 2.71. The first-order chi connectivity index (χ1) is 4.45.